The number of carboxylic acid groups (broad SMARTS) is 1. The van der Waals surface area contributed by atoms with Crippen LogP contribution in [0.3, 0.4) is 0 Å². The highest BCUT2D eigenvalue weighted by molar-refractivity contribution is 7.98. The molecule has 1 rings (SSSR count). The smallest absolute Gasteiger partial charge is 0.336 e. The molecule has 0 unspecified atom stereocenters. The van der Waals surface area contributed by atoms with E-state index in [4.69, 9.17) is 10.4 Å². The lowest BCUT2D eigenvalue weighted by atomic mass is 10.1. The summed E-state index contributed by atoms with van der Waals surface area (Å²) in [5.74, 6) is -0.999. The van der Waals surface area contributed by atoms with Crippen molar-refractivity contribution < 1.29 is 9.90 Å². The molecule has 1 N–H and O–H groups in total. The average molecular weight is 193 g/mol. The Morgan fingerprint density at radius 1 is 1.62 bits per heavy atom. The van der Waals surface area contributed by atoms with Crippen molar-refractivity contribution in [3.8, 4) is 6.07 Å². The first kappa shape index (κ1) is 9.62. The molecule has 0 aliphatic carbocycles. The minimum Gasteiger partial charge on any atom is -0.478 e. The first-order chi connectivity index (χ1) is 6.19. The maximum Gasteiger partial charge on any atom is 0.336 e. The van der Waals surface area contributed by atoms with Crippen molar-refractivity contribution in [1.82, 2.24) is 0 Å². The van der Waals surface area contributed by atoms with Crippen LogP contribution in [0.4, 0.5) is 0 Å². The first-order valence-corrected chi connectivity index (χ1v) is 4.73. The number of hydrogen-bond donors (Lipinski definition) is 1. The number of hydrogen-bond acceptors (Lipinski definition) is 3. The van der Waals surface area contributed by atoms with Crippen molar-refractivity contribution in [1.29, 1.82) is 5.26 Å². The van der Waals surface area contributed by atoms with Crippen LogP contribution in [-0.4, -0.2) is 17.3 Å². The number of carboxylic acids is 1. The lowest BCUT2D eigenvalue weighted by molar-refractivity contribution is 0.0693. The molecule has 0 aliphatic rings. The van der Waals surface area contributed by atoms with Crippen LogP contribution in [-0.2, 0) is 0 Å². The molecule has 0 saturated carbocycles. The highest BCUT2D eigenvalue weighted by atomic mass is 32.2. The van der Waals surface area contributed by atoms with E-state index in [1.54, 1.807) is 18.4 Å². The summed E-state index contributed by atoms with van der Waals surface area (Å²) in [5, 5.41) is 17.4. The molecule has 0 heterocycles. The van der Waals surface area contributed by atoms with Crippen LogP contribution < -0.4 is 0 Å². The minimum absolute atomic E-state index is 0.187. The molecule has 0 spiro atoms. The van der Waals surface area contributed by atoms with Crippen LogP contribution in [0.5, 0.6) is 0 Å². The zero-order valence-electron chi connectivity index (χ0n) is 6.94. The van der Waals surface area contributed by atoms with E-state index < -0.39 is 5.97 Å². The summed E-state index contributed by atoms with van der Waals surface area (Å²) in [6, 6.07) is 6.54. The molecule has 3 nitrogen and oxygen atoms in total. The van der Waals surface area contributed by atoms with Gasteiger partial charge in [-0.1, -0.05) is 0 Å². The van der Waals surface area contributed by atoms with Crippen LogP contribution in [0.25, 0.3) is 0 Å². The lowest BCUT2D eigenvalue weighted by Crippen LogP contribution is -1.99. The Bertz CT molecular complexity index is 382. The molecule has 0 amide bonds. The number of carbonyl (C=O) groups is 1. The zero-order valence-corrected chi connectivity index (χ0v) is 7.76. The van der Waals surface area contributed by atoms with Crippen LogP contribution in [0.2, 0.25) is 0 Å². The molecule has 0 fully saturated rings. The van der Waals surface area contributed by atoms with Crippen molar-refractivity contribution in [3.63, 3.8) is 0 Å². The van der Waals surface area contributed by atoms with Crippen molar-refractivity contribution >= 4 is 17.7 Å². The number of thioether (sulfide) groups is 1. The van der Waals surface area contributed by atoms with Gasteiger partial charge in [0.25, 0.3) is 0 Å². The second-order valence-corrected chi connectivity index (χ2v) is 3.18. The Hall–Kier alpha value is -1.47. The zero-order chi connectivity index (χ0) is 9.84. The fraction of sp³-hybridized carbons (Fsp3) is 0.111. The maximum atomic E-state index is 10.7. The number of benzene rings is 1. The number of aromatic carboxylic acids is 1. The summed E-state index contributed by atoms with van der Waals surface area (Å²) in [5.41, 5.74) is 0.557. The van der Waals surface area contributed by atoms with Crippen molar-refractivity contribution in [2.45, 2.75) is 4.90 Å². The number of nitriles is 1. The molecule has 4 heteroatoms. The van der Waals surface area contributed by atoms with Gasteiger partial charge in [-0.3, -0.25) is 0 Å². The molecule has 13 heavy (non-hydrogen) atoms. The number of rotatable bonds is 2. The quantitative estimate of drug-likeness (QED) is 0.729. The van der Waals surface area contributed by atoms with E-state index in [9.17, 15) is 4.79 Å². The van der Waals surface area contributed by atoms with Gasteiger partial charge in [0.05, 0.1) is 17.2 Å². The molecule has 66 valence electrons. The van der Waals surface area contributed by atoms with Gasteiger partial charge in [0.15, 0.2) is 0 Å². The van der Waals surface area contributed by atoms with Gasteiger partial charge in [-0.25, -0.2) is 4.79 Å². The van der Waals surface area contributed by atoms with Gasteiger partial charge in [-0.05, 0) is 24.5 Å². The van der Waals surface area contributed by atoms with Gasteiger partial charge in [0.2, 0.25) is 0 Å². The van der Waals surface area contributed by atoms with Crippen LogP contribution >= 0.6 is 11.8 Å². The molecular weight excluding hydrogens is 186 g/mol. The van der Waals surface area contributed by atoms with Gasteiger partial charge in [-0.15, -0.1) is 11.8 Å². The summed E-state index contributed by atoms with van der Waals surface area (Å²) in [4.78, 5) is 11.4. The van der Waals surface area contributed by atoms with Crippen molar-refractivity contribution in [2.75, 3.05) is 6.26 Å². The Labute approximate surface area is 80.0 Å². The van der Waals surface area contributed by atoms with E-state index >= 15 is 0 Å². The second kappa shape index (κ2) is 3.97. The average Bonchev–Trinajstić information content (AvgIpc) is 2.16. The van der Waals surface area contributed by atoms with Gasteiger partial charge in [0, 0.05) is 4.90 Å². The number of nitrogens with zero attached hydrogens (tertiary/aromatic N) is 1. The van der Waals surface area contributed by atoms with E-state index in [-0.39, 0.29) is 5.56 Å². The molecule has 0 bridgehead atoms. The topological polar surface area (TPSA) is 61.1 Å². The Morgan fingerprint density at radius 3 is 2.77 bits per heavy atom. The predicted molar refractivity (Wildman–Crippen MR) is 49.9 cm³/mol. The van der Waals surface area contributed by atoms with Crippen LogP contribution in [0.1, 0.15) is 15.9 Å². The van der Waals surface area contributed by atoms with Gasteiger partial charge in [0.1, 0.15) is 0 Å². The fourth-order valence-electron chi connectivity index (χ4n) is 0.945. The molecular formula is C9H7NO2S. The summed E-state index contributed by atoms with van der Waals surface area (Å²) in [6.45, 7) is 0. The van der Waals surface area contributed by atoms with E-state index in [1.807, 2.05) is 6.07 Å². The van der Waals surface area contributed by atoms with Crippen LogP contribution in [0, 0.1) is 11.3 Å². The highest BCUT2D eigenvalue weighted by Gasteiger charge is 2.09. The van der Waals surface area contributed by atoms with Gasteiger partial charge < -0.3 is 5.11 Å². The van der Waals surface area contributed by atoms with Crippen molar-refractivity contribution in [2.24, 2.45) is 0 Å². The van der Waals surface area contributed by atoms with Gasteiger partial charge in [-0.2, -0.15) is 5.26 Å². The minimum atomic E-state index is -0.999. The molecule has 1 aromatic carbocycles. The third kappa shape index (κ3) is 2.01. The highest BCUT2D eigenvalue weighted by Crippen LogP contribution is 2.21. The summed E-state index contributed by atoms with van der Waals surface area (Å²) in [7, 11) is 0. The Balaban J connectivity index is 3.28. The van der Waals surface area contributed by atoms with E-state index in [2.05, 4.69) is 0 Å². The largest absolute Gasteiger partial charge is 0.478 e. The molecule has 0 aromatic heterocycles. The second-order valence-electron chi connectivity index (χ2n) is 2.33. The molecule has 1 aromatic rings. The summed E-state index contributed by atoms with van der Waals surface area (Å²) >= 11 is 1.35. The van der Waals surface area contributed by atoms with E-state index in [0.717, 1.165) is 0 Å². The van der Waals surface area contributed by atoms with Crippen molar-refractivity contribution in [3.05, 3.63) is 29.3 Å². The standard InChI is InChI=1S/C9H7NO2S/c1-13-8-3-2-6(5-10)4-7(8)9(11)12/h2-4H,1H3,(H,11,12). The van der Waals surface area contributed by atoms with E-state index in [1.165, 1.54) is 17.8 Å². The van der Waals surface area contributed by atoms with Gasteiger partial charge >= 0.3 is 5.97 Å². The monoisotopic (exact) mass is 193 g/mol. The molecule has 0 radical (unpaired) electrons. The molecule has 0 saturated heterocycles. The third-order valence-corrected chi connectivity index (χ3v) is 2.35. The summed E-state index contributed by atoms with van der Waals surface area (Å²) in [6.07, 6.45) is 1.80. The third-order valence-electron chi connectivity index (χ3n) is 1.56. The normalized spacial score (nSPS) is 9.23. The Morgan fingerprint density at radius 2 is 2.31 bits per heavy atom. The molecule has 0 aliphatic heterocycles. The fourth-order valence-corrected chi connectivity index (χ4v) is 1.51. The first-order valence-electron chi connectivity index (χ1n) is 3.50. The Kier molecular flexibility index (Phi) is 2.93. The lowest BCUT2D eigenvalue weighted by Gasteiger charge is -2.01. The predicted octanol–water partition coefficient (Wildman–Crippen LogP) is 1.98. The van der Waals surface area contributed by atoms with E-state index in [0.29, 0.717) is 10.5 Å². The summed E-state index contributed by atoms with van der Waals surface area (Å²) < 4.78 is 0. The SMILES string of the molecule is CSc1ccc(C#N)cc1C(=O)O. The maximum absolute atomic E-state index is 10.7. The molecule has 0 atom stereocenters. The van der Waals surface area contributed by atoms with Crippen LogP contribution in [0.15, 0.2) is 23.1 Å².